The molecule has 0 bridgehead atoms. The number of benzene rings is 8. The molecule has 8 N–H and O–H groups in total. The van der Waals surface area contributed by atoms with Gasteiger partial charge in [-0.25, -0.2) is 0 Å². The van der Waals surface area contributed by atoms with Crippen molar-refractivity contribution in [2.24, 2.45) is 0 Å². The molecule has 8 aromatic rings. The summed E-state index contributed by atoms with van der Waals surface area (Å²) < 4.78 is 127. The minimum atomic E-state index is -4.33. The molecule has 0 amide bonds. The van der Waals surface area contributed by atoms with Gasteiger partial charge in [-0.3, -0.25) is 18.2 Å². The van der Waals surface area contributed by atoms with Crippen LogP contribution in [0.2, 0.25) is 5.02 Å². The second-order valence-corrected chi connectivity index (χ2v) is 22.0. The predicted molar refractivity (Wildman–Crippen MR) is 277 cm³/mol. The molecule has 16 nitrogen and oxygen atoms in total. The topological polar surface area (TPSA) is 298 Å². The first-order valence-electron chi connectivity index (χ1n) is 21.1. The molecular weight excluding hydrogens is 1040 g/mol. The van der Waals surface area contributed by atoms with E-state index in [0.717, 1.165) is 27.8 Å². The van der Waals surface area contributed by atoms with E-state index in [0.29, 0.717) is 38.4 Å². The van der Waals surface area contributed by atoms with Gasteiger partial charge in [-0.1, -0.05) is 90.5 Å². The summed E-state index contributed by atoms with van der Waals surface area (Å²) in [6.45, 7) is 7.06. The monoisotopic (exact) mass is 1090 g/mol. The van der Waals surface area contributed by atoms with E-state index in [9.17, 15) is 53.5 Å². The van der Waals surface area contributed by atoms with Gasteiger partial charge in [0.25, 0.3) is 40.5 Å². The molecule has 73 heavy (non-hydrogen) atoms. The second kappa shape index (κ2) is 23.2. The fraction of sp³-hybridized carbons (Fsp3) is 0.0769. The van der Waals surface area contributed by atoms with E-state index < -0.39 is 40.5 Å². The van der Waals surface area contributed by atoms with Gasteiger partial charge < -0.3 is 20.4 Å². The lowest BCUT2D eigenvalue weighted by molar-refractivity contribution is 0.475. The summed E-state index contributed by atoms with van der Waals surface area (Å²) in [6.07, 6.45) is 0. The highest BCUT2D eigenvalue weighted by molar-refractivity contribution is 7.86. The van der Waals surface area contributed by atoms with Gasteiger partial charge in [-0.05, 0) is 168 Å². The molecule has 0 radical (unpaired) electrons. The average molecular weight is 1090 g/mol. The van der Waals surface area contributed by atoms with Crippen molar-refractivity contribution >= 4 is 52.1 Å². The molecule has 0 aliphatic carbocycles. The van der Waals surface area contributed by atoms with Crippen molar-refractivity contribution in [1.82, 2.24) is 0 Å². The summed E-state index contributed by atoms with van der Waals surface area (Å²) in [4.78, 5) is -0.564. The van der Waals surface area contributed by atoms with Crippen molar-refractivity contribution < 1.29 is 72.3 Å². The molecule has 8 rings (SSSR count). The lowest BCUT2D eigenvalue weighted by Gasteiger charge is -2.16. The molecule has 0 aliphatic heterocycles. The third kappa shape index (κ3) is 15.2. The first-order chi connectivity index (χ1) is 33.9. The lowest BCUT2D eigenvalue weighted by Crippen LogP contribution is -2.06. The van der Waals surface area contributed by atoms with Crippen molar-refractivity contribution in [2.75, 3.05) is 0 Å². The zero-order chi connectivity index (χ0) is 54.2. The Morgan fingerprint density at radius 2 is 0.767 bits per heavy atom. The quantitative estimate of drug-likeness (QED) is 0.0656. The zero-order valence-corrected chi connectivity index (χ0v) is 43.0. The van der Waals surface area contributed by atoms with Crippen molar-refractivity contribution in [3.8, 4) is 67.5 Å². The van der Waals surface area contributed by atoms with Crippen LogP contribution in [0.5, 0.6) is 23.0 Å². The number of rotatable bonds is 8. The maximum absolute atomic E-state index is 11.5. The minimum absolute atomic E-state index is 0.0498. The van der Waals surface area contributed by atoms with Gasteiger partial charge in [0.2, 0.25) is 0 Å². The van der Waals surface area contributed by atoms with Crippen molar-refractivity contribution in [3.63, 3.8) is 0 Å². The first-order valence-corrected chi connectivity index (χ1v) is 27.3. The zero-order valence-electron chi connectivity index (χ0n) is 38.9. The Morgan fingerprint density at radius 1 is 0.356 bits per heavy atom. The highest BCUT2D eigenvalue weighted by Crippen LogP contribution is 2.35. The molecule has 0 saturated carbocycles. The van der Waals surface area contributed by atoms with Gasteiger partial charge in [0.1, 0.15) is 37.7 Å². The van der Waals surface area contributed by atoms with E-state index in [1.54, 1.807) is 86.6 Å². The molecule has 0 aliphatic rings. The van der Waals surface area contributed by atoms with Crippen LogP contribution in [-0.4, -0.2) is 72.3 Å². The highest BCUT2D eigenvalue weighted by Gasteiger charge is 2.22. The standard InChI is InChI=1S/C15H16O4S.C13H12O4S.C12H9ClO4S.C12H10O4S/c1-9-8-10(2)15(20(17,18)19)11(3)14(9)12-4-6-13(16)7-5-12;1-9-2-7-12(18(15,16)17)8-13(9)10-3-5-11(14)6-4-10;13-9-3-6-12(18(15,16)17)11(7-9)8-1-4-10(14)5-2-8;13-10-7-5-9(6-8-10)11-3-1-2-4-12(11)17(14,15)16/h4-8,16H,1-3H3,(H,17,18,19);2-8,14H,1H3,(H,15,16,17);1-7,14H,(H,15,16,17);1-8,13H,(H,14,15,16). The van der Waals surface area contributed by atoms with E-state index >= 15 is 0 Å². The Labute approximate surface area is 427 Å². The number of hydrogen-bond donors (Lipinski definition) is 8. The lowest BCUT2D eigenvalue weighted by atomic mass is 9.94. The van der Waals surface area contributed by atoms with E-state index in [1.807, 2.05) is 13.8 Å². The van der Waals surface area contributed by atoms with Gasteiger partial charge in [0.15, 0.2) is 0 Å². The normalized spacial score (nSPS) is 11.5. The van der Waals surface area contributed by atoms with Crippen LogP contribution in [0.1, 0.15) is 22.3 Å². The summed E-state index contributed by atoms with van der Waals surface area (Å²) in [6, 6.07) is 41.3. The fourth-order valence-electron chi connectivity index (χ4n) is 7.52. The van der Waals surface area contributed by atoms with Crippen LogP contribution in [-0.2, 0) is 40.5 Å². The summed E-state index contributed by atoms with van der Waals surface area (Å²) in [5, 5.41) is 37.3. The minimum Gasteiger partial charge on any atom is -0.508 e. The highest BCUT2D eigenvalue weighted by atomic mass is 35.5. The number of phenolic OH excluding ortho intramolecular Hbond substituents is 4. The molecule has 8 aromatic carbocycles. The predicted octanol–water partition coefficient (Wildman–Crippen LogP) is 11.1. The van der Waals surface area contributed by atoms with Crippen molar-refractivity contribution in [1.29, 1.82) is 0 Å². The third-order valence-electron chi connectivity index (χ3n) is 10.7. The van der Waals surface area contributed by atoms with Crippen LogP contribution < -0.4 is 0 Å². The molecular formula is C52H47ClO16S4. The Morgan fingerprint density at radius 3 is 1.21 bits per heavy atom. The van der Waals surface area contributed by atoms with Gasteiger partial charge >= 0.3 is 0 Å². The van der Waals surface area contributed by atoms with Crippen LogP contribution in [0.3, 0.4) is 0 Å². The molecule has 0 fully saturated rings. The van der Waals surface area contributed by atoms with E-state index in [2.05, 4.69) is 0 Å². The van der Waals surface area contributed by atoms with Crippen molar-refractivity contribution in [3.05, 3.63) is 191 Å². The Kier molecular flexibility index (Phi) is 18.0. The number of hydrogen-bond acceptors (Lipinski definition) is 12. The maximum Gasteiger partial charge on any atom is 0.295 e. The largest absolute Gasteiger partial charge is 0.508 e. The van der Waals surface area contributed by atoms with Crippen LogP contribution in [0.15, 0.2) is 183 Å². The number of aromatic hydroxyl groups is 4. The summed E-state index contributed by atoms with van der Waals surface area (Å²) in [5.41, 5.74) is 7.66. The van der Waals surface area contributed by atoms with E-state index in [4.69, 9.17) is 30.4 Å². The Bertz CT molecular complexity index is 3740. The molecule has 382 valence electrons. The maximum atomic E-state index is 11.5. The molecule has 0 heterocycles. The van der Waals surface area contributed by atoms with Crippen LogP contribution >= 0.6 is 11.6 Å². The van der Waals surface area contributed by atoms with Gasteiger partial charge in [-0.2, -0.15) is 33.7 Å². The number of phenols is 4. The number of aryl methyl sites for hydroxylation is 3. The van der Waals surface area contributed by atoms with E-state index in [1.165, 1.54) is 91.0 Å². The van der Waals surface area contributed by atoms with Gasteiger partial charge in [0, 0.05) is 16.1 Å². The van der Waals surface area contributed by atoms with Crippen molar-refractivity contribution in [2.45, 2.75) is 47.3 Å². The van der Waals surface area contributed by atoms with Crippen LogP contribution in [0, 0.1) is 27.7 Å². The Balaban J connectivity index is 0.000000181. The van der Waals surface area contributed by atoms with Gasteiger partial charge in [-0.15, -0.1) is 0 Å². The van der Waals surface area contributed by atoms with Crippen LogP contribution in [0.25, 0.3) is 44.5 Å². The smallest absolute Gasteiger partial charge is 0.295 e. The molecule has 0 unspecified atom stereocenters. The number of halogens is 1. The summed E-state index contributed by atoms with van der Waals surface area (Å²) >= 11 is 5.82. The summed E-state index contributed by atoms with van der Waals surface area (Å²) in [5.74, 6) is 0.445. The Hall–Kier alpha value is -7.11. The first kappa shape index (κ1) is 56.8. The fourth-order valence-corrected chi connectivity index (χ4v) is 10.6. The SMILES string of the molecule is Cc1cc(C)c(S(=O)(=O)O)c(C)c1-c1ccc(O)cc1.Cc1ccc(S(=O)(=O)O)cc1-c1ccc(O)cc1.O=S(=O)(O)c1ccc(Cl)cc1-c1ccc(O)cc1.O=S(=O)(O)c1ccccc1-c1ccc(O)cc1. The second-order valence-electron chi connectivity index (χ2n) is 16.0. The van der Waals surface area contributed by atoms with Gasteiger partial charge in [0.05, 0.1) is 4.90 Å². The molecule has 0 spiro atoms. The molecule has 0 aromatic heterocycles. The average Bonchev–Trinajstić information content (AvgIpc) is 3.29. The van der Waals surface area contributed by atoms with E-state index in [-0.39, 0.29) is 48.1 Å². The third-order valence-corrected chi connectivity index (χ3v) is 14.8. The van der Waals surface area contributed by atoms with Crippen LogP contribution in [0.4, 0.5) is 0 Å². The molecule has 0 saturated heterocycles. The molecule has 0 atom stereocenters. The summed E-state index contributed by atoms with van der Waals surface area (Å²) in [7, 11) is -17.1. The molecule has 21 heteroatoms.